The van der Waals surface area contributed by atoms with Gasteiger partial charge in [-0.3, -0.25) is 4.21 Å². The van der Waals surface area contributed by atoms with Crippen LogP contribution in [0.1, 0.15) is 176 Å². The van der Waals surface area contributed by atoms with Crippen LogP contribution in [0.25, 0.3) is 5.70 Å². The second kappa shape index (κ2) is 25.6. The lowest BCUT2D eigenvalue weighted by Gasteiger charge is -2.34. The summed E-state index contributed by atoms with van der Waals surface area (Å²) in [5, 5.41) is 55.4. The van der Waals surface area contributed by atoms with E-state index in [1.807, 2.05) is 36.4 Å². The van der Waals surface area contributed by atoms with E-state index < -0.39 is 21.6 Å². The molecule has 0 spiro atoms. The summed E-state index contributed by atoms with van der Waals surface area (Å²) in [5.74, 6) is 2.72. The molecule has 9 rings (SSSR count). The molecule has 6 atom stereocenters. The molecule has 0 aromatic carbocycles. The number of aryl methyl sites for hydroxylation is 4. The van der Waals surface area contributed by atoms with E-state index in [0.29, 0.717) is 82.9 Å². The monoisotopic (exact) mass is 1130 g/mol. The van der Waals surface area contributed by atoms with Gasteiger partial charge in [-0.2, -0.15) is 31.6 Å². The molecule has 79 heavy (non-hydrogen) atoms. The number of aromatic amines is 1. The Morgan fingerprint density at radius 2 is 1.06 bits per heavy atom. The van der Waals surface area contributed by atoms with E-state index in [1.54, 1.807) is 0 Å². The zero-order valence-corrected chi connectivity index (χ0v) is 51.3. The number of nitrogens with two attached hydrogens (primary N) is 1. The van der Waals surface area contributed by atoms with Crippen LogP contribution in [0.5, 0.6) is 0 Å². The second-order valence-corrected chi connectivity index (χ2v) is 29.7. The minimum absolute atomic E-state index is 0.120. The summed E-state index contributed by atoms with van der Waals surface area (Å²) in [6.45, 7) is 27.2. The van der Waals surface area contributed by atoms with Gasteiger partial charge in [0, 0.05) is 28.3 Å². The van der Waals surface area contributed by atoms with Gasteiger partial charge in [0.2, 0.25) is 0 Å². The maximum atomic E-state index is 12.2. The lowest BCUT2D eigenvalue weighted by atomic mass is 9.71. The van der Waals surface area contributed by atoms with Crippen LogP contribution in [0.4, 0.5) is 0 Å². The van der Waals surface area contributed by atoms with Crippen LogP contribution in [0.15, 0.2) is 44.2 Å². The molecule has 4 aliphatic carbocycles. The Morgan fingerprint density at radius 3 is 1.53 bits per heavy atom. The number of pyridine rings is 4. The molecule has 17 heteroatoms. The molecule has 0 fully saturated rings. The number of H-pyrrole nitrogens is 1. The highest BCUT2D eigenvalue weighted by molar-refractivity contribution is 7.99. The van der Waals surface area contributed by atoms with Crippen molar-refractivity contribution in [1.29, 1.82) is 31.6 Å². The fraction of sp³-hybridized carbons (Fsp3) is 0.548. The van der Waals surface area contributed by atoms with E-state index in [1.165, 1.54) is 40.6 Å². The highest BCUT2D eigenvalue weighted by Gasteiger charge is 2.36. The Kier molecular flexibility index (Phi) is 20.1. The summed E-state index contributed by atoms with van der Waals surface area (Å²) in [6, 6.07) is 20.2. The van der Waals surface area contributed by atoms with Gasteiger partial charge < -0.3 is 10.7 Å². The van der Waals surface area contributed by atoms with Crippen LogP contribution < -0.4 is 5.73 Å². The van der Waals surface area contributed by atoms with Gasteiger partial charge in [0.1, 0.15) is 65.5 Å². The Labute approximate surface area is 483 Å². The largest absolute Gasteiger partial charge is 0.397 e. The van der Waals surface area contributed by atoms with Gasteiger partial charge in [0.25, 0.3) is 0 Å². The summed E-state index contributed by atoms with van der Waals surface area (Å²) in [7, 11) is -3.02. The van der Waals surface area contributed by atoms with E-state index in [-0.39, 0.29) is 26.5 Å². The Hall–Kier alpha value is -6.05. The number of nitrogens with zero attached hydrogens (tertiary/aromatic N) is 9. The summed E-state index contributed by atoms with van der Waals surface area (Å²) in [5.41, 5.74) is 18.8. The number of thioether (sulfide) groups is 1. The molecule has 0 amide bonds. The minimum atomic E-state index is -1.51. The highest BCUT2D eigenvalue weighted by Crippen LogP contribution is 2.42. The van der Waals surface area contributed by atoms with Crippen LogP contribution in [0, 0.1) is 118 Å². The van der Waals surface area contributed by atoms with Gasteiger partial charge in [-0.25, -0.2) is 19.2 Å². The summed E-state index contributed by atoms with van der Waals surface area (Å²) in [6.07, 6.45) is 12.2. The summed E-state index contributed by atoms with van der Waals surface area (Å²) in [4.78, 5) is 17.0. The normalized spacial score (nSPS) is 20.4. The first-order chi connectivity index (χ1) is 37.1. The molecule has 1 aliphatic heterocycles. The van der Waals surface area contributed by atoms with Gasteiger partial charge in [0.05, 0.1) is 51.1 Å². The third-order valence-corrected chi connectivity index (χ3v) is 20.1. The Balaban J connectivity index is 0.000000171. The molecule has 3 N–H and O–H groups in total. The molecule has 5 heterocycles. The predicted octanol–water partition coefficient (Wildman–Crippen LogP) is 12.7. The van der Waals surface area contributed by atoms with Crippen molar-refractivity contribution in [2.45, 2.75) is 175 Å². The van der Waals surface area contributed by atoms with E-state index >= 15 is 0 Å². The molecule has 13 nitrogen and oxygen atoms in total. The zero-order chi connectivity index (χ0) is 58.4. The van der Waals surface area contributed by atoms with Gasteiger partial charge in [-0.05, 0) is 169 Å². The number of hydrogen-bond acceptors (Lipinski definition) is 14. The maximum absolute atomic E-state index is 12.2. The van der Waals surface area contributed by atoms with Crippen LogP contribution in [0.2, 0.25) is 0 Å². The van der Waals surface area contributed by atoms with Crippen molar-refractivity contribution in [3.8, 4) is 36.4 Å². The first kappa shape index (κ1) is 62.2. The molecule has 0 bridgehead atoms. The molecule has 4 aromatic heterocycles. The van der Waals surface area contributed by atoms with E-state index in [4.69, 9.17) is 39.0 Å². The number of rotatable bonds is 4. The van der Waals surface area contributed by atoms with Crippen molar-refractivity contribution in [3.05, 3.63) is 101 Å². The smallest absolute Gasteiger partial charge is 0.146 e. The van der Waals surface area contributed by atoms with Crippen LogP contribution >= 0.6 is 24.0 Å². The van der Waals surface area contributed by atoms with Gasteiger partial charge in [-0.15, -0.1) is 0 Å². The molecule has 4 aromatic rings. The fourth-order valence-corrected chi connectivity index (χ4v) is 13.9. The molecule has 6 unspecified atom stereocenters. The first-order valence-corrected chi connectivity index (χ1v) is 31.0. The quantitative estimate of drug-likeness (QED) is 0.142. The molecule has 0 radical (unpaired) electrons. The van der Waals surface area contributed by atoms with E-state index in [9.17, 15) is 18.9 Å². The van der Waals surface area contributed by atoms with Crippen molar-refractivity contribution in [3.63, 3.8) is 0 Å². The van der Waals surface area contributed by atoms with Crippen LogP contribution in [-0.4, -0.2) is 39.9 Å². The molecular weight excluding hydrogens is 1060 g/mol. The van der Waals surface area contributed by atoms with Crippen LogP contribution in [-0.2, 0) is 73.0 Å². The van der Waals surface area contributed by atoms with Crippen LogP contribution in [0.3, 0.4) is 0 Å². The zero-order valence-electron chi connectivity index (χ0n) is 48.1. The predicted molar refractivity (Wildman–Crippen MR) is 315 cm³/mol. The minimum Gasteiger partial charge on any atom is -0.397 e. The molecule has 0 saturated carbocycles. The Bertz CT molecular complexity index is 3400. The topological polar surface area (TPSA) is 257 Å². The van der Waals surface area contributed by atoms with Crippen molar-refractivity contribution in [2.24, 2.45) is 51.1 Å². The SMILES string of the molecule is CC(C)(C)C1CCc2[nH]c(=S)c(C#N)cc2C1.CC(C)(C)C1CCc2nc(S(=O)CC#N)c(C#N)cc2C1.CC(C)(C)C1CCc2nc(SCC#N)c(C#N)cc2C1.CC(C)(C)C1CCc2nc3c(cc2C1)C(N)=C(C#N)S3=O. The van der Waals surface area contributed by atoms with E-state index in [0.717, 1.165) is 93.3 Å². The lowest BCUT2D eigenvalue weighted by Crippen LogP contribution is -2.27. The fourth-order valence-electron chi connectivity index (χ4n) is 11.1. The number of nitrogens with one attached hydrogen (secondary N) is 1. The standard InChI is InChI=1S/2C16H19N3OS.C16H19N3S.C14H18N2S/c1-16(2,3)10-4-5-12-9(6-10)7-11-14(18)13(8-17)21(20)15(11)19-12;1-16(2,3)13-4-5-14-11(9-13)8-12(10-18)15(19-14)21(20)7-6-17;1-16(2,3)13-4-5-14-11(9-13)8-12(10-18)15(19-14)20-7-6-17;1-14(2,3)11-4-5-12-9(7-11)6-10(8-15)13(17)16-12/h7,10H,4-6,18H2,1-3H3;8,13H,4-5,7,9H2,1-3H3;8,13H,4-5,7,9H2,1-3H3;6,11H,4-5,7H2,1-3H3,(H,16,17). The number of allylic oxidation sites excluding steroid dienone is 1. The average molecular weight is 1130 g/mol. The number of hydrogen-bond donors (Lipinski definition) is 2. The lowest BCUT2D eigenvalue weighted by molar-refractivity contribution is 0.214. The van der Waals surface area contributed by atoms with Gasteiger partial charge in [-0.1, -0.05) is 107 Å². The second-order valence-electron chi connectivity index (χ2n) is 25.6. The van der Waals surface area contributed by atoms with E-state index in [2.05, 4.69) is 127 Å². The number of aromatic nitrogens is 4. The highest BCUT2D eigenvalue weighted by atomic mass is 32.2. The third kappa shape index (κ3) is 15.0. The molecular formula is C62H75N11O2S4. The van der Waals surface area contributed by atoms with Gasteiger partial charge >= 0.3 is 0 Å². The number of fused-ring (bicyclic) bond motifs is 5. The van der Waals surface area contributed by atoms with Crippen molar-refractivity contribution < 1.29 is 8.42 Å². The Morgan fingerprint density at radius 1 is 0.620 bits per heavy atom. The third-order valence-electron chi connectivity index (χ3n) is 16.4. The maximum Gasteiger partial charge on any atom is 0.146 e. The average Bonchev–Trinajstić information content (AvgIpc) is 3.89. The summed E-state index contributed by atoms with van der Waals surface area (Å²) >= 11 is 6.52. The molecule has 5 aliphatic rings. The number of nitriles is 6. The van der Waals surface area contributed by atoms with Crippen molar-refractivity contribution >= 4 is 51.3 Å². The van der Waals surface area contributed by atoms with Gasteiger partial charge in [0.15, 0.2) is 0 Å². The van der Waals surface area contributed by atoms with Crippen molar-refractivity contribution in [1.82, 2.24) is 19.9 Å². The molecule has 0 saturated heterocycles. The van der Waals surface area contributed by atoms with Crippen molar-refractivity contribution in [2.75, 3.05) is 11.5 Å². The molecule has 414 valence electrons. The summed E-state index contributed by atoms with van der Waals surface area (Å²) < 4.78 is 24.8. The first-order valence-electron chi connectivity index (χ1n) is 27.2.